The molecule has 0 aromatic heterocycles. The lowest BCUT2D eigenvalue weighted by Crippen LogP contribution is -2.23. The Bertz CT molecular complexity index is 256. The molecule has 0 spiro atoms. The van der Waals surface area contributed by atoms with E-state index in [0.717, 1.165) is 6.42 Å². The van der Waals surface area contributed by atoms with Gasteiger partial charge >= 0.3 is 12.1 Å². The molecule has 0 saturated carbocycles. The van der Waals surface area contributed by atoms with Crippen LogP contribution in [0.3, 0.4) is 0 Å². The highest BCUT2D eigenvalue weighted by Crippen LogP contribution is 2.25. The topological polar surface area (TPSA) is 26.3 Å². The summed E-state index contributed by atoms with van der Waals surface area (Å²) >= 11 is 0. The molecule has 94 valence electrons. The fourth-order valence-electron chi connectivity index (χ4n) is 1.29. The molecule has 0 aliphatic rings. The first-order chi connectivity index (χ1) is 7.14. The fraction of sp³-hybridized carbons (Fsp3) is 0.727. The maximum Gasteiger partial charge on any atom is 0.422 e. The zero-order valence-corrected chi connectivity index (χ0v) is 9.73. The highest BCUT2D eigenvalue weighted by Gasteiger charge is 2.38. The Labute approximate surface area is 93.5 Å². The SMILES string of the molecule is C=C(C(=O)OCC(C)CC(C)C)C(F)(F)F. The van der Waals surface area contributed by atoms with E-state index in [1.54, 1.807) is 0 Å². The van der Waals surface area contributed by atoms with Gasteiger partial charge in [-0.25, -0.2) is 4.79 Å². The van der Waals surface area contributed by atoms with Crippen molar-refractivity contribution < 1.29 is 22.7 Å². The van der Waals surface area contributed by atoms with Crippen LogP contribution < -0.4 is 0 Å². The molecule has 0 fully saturated rings. The lowest BCUT2D eigenvalue weighted by molar-refractivity contribution is -0.151. The molecule has 0 aliphatic carbocycles. The summed E-state index contributed by atoms with van der Waals surface area (Å²) in [4.78, 5) is 10.9. The molecule has 1 unspecified atom stereocenters. The summed E-state index contributed by atoms with van der Waals surface area (Å²) in [7, 11) is 0. The molecule has 2 nitrogen and oxygen atoms in total. The van der Waals surface area contributed by atoms with Crippen molar-refractivity contribution in [2.75, 3.05) is 6.61 Å². The minimum Gasteiger partial charge on any atom is -0.462 e. The summed E-state index contributed by atoms with van der Waals surface area (Å²) in [5.74, 6) is -0.924. The summed E-state index contributed by atoms with van der Waals surface area (Å²) in [5, 5.41) is 0. The number of ether oxygens (including phenoxy) is 1. The van der Waals surface area contributed by atoms with Gasteiger partial charge in [-0.15, -0.1) is 0 Å². The third-order valence-electron chi connectivity index (χ3n) is 1.96. The molecule has 0 N–H and O–H groups in total. The first-order valence-electron chi connectivity index (χ1n) is 5.07. The average molecular weight is 238 g/mol. The number of hydrogen-bond donors (Lipinski definition) is 0. The van der Waals surface area contributed by atoms with Crippen LogP contribution in [0.2, 0.25) is 0 Å². The van der Waals surface area contributed by atoms with Gasteiger partial charge in [-0.05, 0) is 18.3 Å². The quantitative estimate of drug-likeness (QED) is 0.542. The Morgan fingerprint density at radius 2 is 1.81 bits per heavy atom. The van der Waals surface area contributed by atoms with Gasteiger partial charge in [-0.2, -0.15) is 13.2 Å². The lowest BCUT2D eigenvalue weighted by Gasteiger charge is -2.15. The smallest absolute Gasteiger partial charge is 0.422 e. The van der Waals surface area contributed by atoms with Crippen LogP contribution in [-0.4, -0.2) is 18.8 Å². The van der Waals surface area contributed by atoms with Crippen LogP contribution in [0.5, 0.6) is 0 Å². The summed E-state index contributed by atoms with van der Waals surface area (Å²) in [6.07, 6.45) is -3.91. The molecule has 1 atom stereocenters. The van der Waals surface area contributed by atoms with Gasteiger partial charge in [0, 0.05) is 0 Å². The Morgan fingerprint density at radius 1 is 1.31 bits per heavy atom. The summed E-state index contributed by atoms with van der Waals surface area (Å²) in [6, 6.07) is 0. The minimum atomic E-state index is -4.71. The molecule has 0 saturated heterocycles. The van der Waals surface area contributed by atoms with Gasteiger partial charge in [0.25, 0.3) is 0 Å². The molecule has 0 aromatic carbocycles. The van der Waals surface area contributed by atoms with E-state index in [1.807, 2.05) is 20.8 Å². The van der Waals surface area contributed by atoms with Gasteiger partial charge in [0.1, 0.15) is 5.57 Å². The molecule has 0 aliphatic heterocycles. The van der Waals surface area contributed by atoms with E-state index in [4.69, 9.17) is 0 Å². The second-order valence-electron chi connectivity index (χ2n) is 4.31. The van der Waals surface area contributed by atoms with Gasteiger partial charge in [0.05, 0.1) is 6.61 Å². The Balaban J connectivity index is 4.04. The summed E-state index contributed by atoms with van der Waals surface area (Å²) < 4.78 is 40.6. The number of esters is 1. The number of alkyl halides is 3. The van der Waals surface area contributed by atoms with Gasteiger partial charge in [0.2, 0.25) is 0 Å². The first kappa shape index (κ1) is 15.0. The van der Waals surface area contributed by atoms with Crippen LogP contribution in [0.1, 0.15) is 27.2 Å². The van der Waals surface area contributed by atoms with Gasteiger partial charge < -0.3 is 4.74 Å². The minimum absolute atomic E-state index is 0.00782. The number of carbonyl (C=O) groups is 1. The van der Waals surface area contributed by atoms with Crippen molar-refractivity contribution in [2.45, 2.75) is 33.4 Å². The van der Waals surface area contributed by atoms with Crippen molar-refractivity contribution in [3.05, 3.63) is 12.2 Å². The van der Waals surface area contributed by atoms with Gasteiger partial charge in [-0.1, -0.05) is 27.4 Å². The predicted molar refractivity (Wildman–Crippen MR) is 54.8 cm³/mol. The van der Waals surface area contributed by atoms with Crippen molar-refractivity contribution in [1.29, 1.82) is 0 Å². The molecule has 0 amide bonds. The van der Waals surface area contributed by atoms with Crippen molar-refractivity contribution in [3.63, 3.8) is 0 Å². The van der Waals surface area contributed by atoms with Crippen LogP contribution >= 0.6 is 0 Å². The van der Waals surface area contributed by atoms with Crippen LogP contribution in [-0.2, 0) is 9.53 Å². The van der Waals surface area contributed by atoms with Crippen LogP contribution in [0.15, 0.2) is 12.2 Å². The maximum absolute atomic E-state index is 12.0. The molecule has 0 heterocycles. The predicted octanol–water partition coefficient (Wildman–Crippen LogP) is 3.33. The van der Waals surface area contributed by atoms with Gasteiger partial charge in [-0.3, -0.25) is 0 Å². The maximum atomic E-state index is 12.0. The highest BCUT2D eigenvalue weighted by molar-refractivity contribution is 5.89. The standard InChI is InChI=1S/C11H17F3O2/c1-7(2)5-8(3)6-16-10(15)9(4)11(12,13)14/h7-8H,4-6H2,1-3H3. The second-order valence-corrected chi connectivity index (χ2v) is 4.31. The normalized spacial score (nSPS) is 13.7. The average Bonchev–Trinajstić information content (AvgIpc) is 2.10. The van der Waals surface area contributed by atoms with Crippen LogP contribution in [0.25, 0.3) is 0 Å². The largest absolute Gasteiger partial charge is 0.462 e. The number of rotatable bonds is 5. The zero-order chi connectivity index (χ0) is 12.9. The molecular weight excluding hydrogens is 221 g/mol. The Hall–Kier alpha value is -1.00. The van der Waals surface area contributed by atoms with Crippen molar-refractivity contribution >= 4 is 5.97 Å². The number of carbonyl (C=O) groups excluding carboxylic acids is 1. The monoisotopic (exact) mass is 238 g/mol. The van der Waals surface area contributed by atoms with Crippen LogP contribution in [0, 0.1) is 11.8 Å². The third-order valence-corrected chi connectivity index (χ3v) is 1.96. The van der Waals surface area contributed by atoms with E-state index in [-0.39, 0.29) is 12.5 Å². The Morgan fingerprint density at radius 3 is 2.19 bits per heavy atom. The second kappa shape index (κ2) is 5.92. The molecule has 0 bridgehead atoms. The summed E-state index contributed by atoms with van der Waals surface area (Å²) in [5.41, 5.74) is -1.45. The van der Waals surface area contributed by atoms with E-state index in [9.17, 15) is 18.0 Å². The van der Waals surface area contributed by atoms with E-state index >= 15 is 0 Å². The lowest BCUT2D eigenvalue weighted by atomic mass is 10.00. The van der Waals surface area contributed by atoms with E-state index < -0.39 is 17.7 Å². The van der Waals surface area contributed by atoms with E-state index in [1.165, 1.54) is 0 Å². The summed E-state index contributed by atoms with van der Waals surface area (Å²) in [6.45, 7) is 8.47. The molecule has 16 heavy (non-hydrogen) atoms. The van der Waals surface area contributed by atoms with E-state index in [2.05, 4.69) is 11.3 Å². The first-order valence-corrected chi connectivity index (χ1v) is 5.07. The van der Waals surface area contributed by atoms with Crippen molar-refractivity contribution in [3.8, 4) is 0 Å². The fourth-order valence-corrected chi connectivity index (χ4v) is 1.29. The number of hydrogen-bond acceptors (Lipinski definition) is 2. The highest BCUT2D eigenvalue weighted by atomic mass is 19.4. The molecule has 0 aromatic rings. The molecular formula is C11H17F3O2. The van der Waals surface area contributed by atoms with Crippen molar-refractivity contribution in [1.82, 2.24) is 0 Å². The van der Waals surface area contributed by atoms with E-state index in [0.29, 0.717) is 5.92 Å². The molecule has 5 heteroatoms. The third kappa shape index (κ3) is 5.78. The van der Waals surface area contributed by atoms with Gasteiger partial charge in [0.15, 0.2) is 0 Å². The number of halogens is 3. The van der Waals surface area contributed by atoms with Crippen LogP contribution in [0.4, 0.5) is 13.2 Å². The Kier molecular flexibility index (Phi) is 5.55. The van der Waals surface area contributed by atoms with Crippen molar-refractivity contribution in [2.24, 2.45) is 11.8 Å². The molecule has 0 radical (unpaired) electrons. The zero-order valence-electron chi connectivity index (χ0n) is 9.73. The molecule has 0 rings (SSSR count).